The highest BCUT2D eigenvalue weighted by Crippen LogP contribution is 2.51. The number of ether oxygens (including phenoxy) is 1. The van der Waals surface area contributed by atoms with E-state index in [1.165, 1.54) is 12.1 Å². The van der Waals surface area contributed by atoms with Crippen molar-refractivity contribution < 1.29 is 70.3 Å². The van der Waals surface area contributed by atoms with Crippen LogP contribution in [0.25, 0.3) is 6.08 Å². The monoisotopic (exact) mass is 691 g/mol. The molecule has 1 aromatic carbocycles. The molecule has 1 heterocycles. The van der Waals surface area contributed by atoms with Crippen molar-refractivity contribution in [1.29, 1.82) is 0 Å². The van der Waals surface area contributed by atoms with Crippen LogP contribution in [0.1, 0.15) is 24.8 Å². The molecule has 0 aliphatic carbocycles. The molecule has 1 saturated heterocycles. The van der Waals surface area contributed by atoms with E-state index in [0.29, 0.717) is 0 Å². The van der Waals surface area contributed by atoms with E-state index in [-0.39, 0.29) is 33.4 Å². The second-order valence-corrected chi connectivity index (χ2v) is 14.4. The third kappa shape index (κ3) is 7.64. The first-order chi connectivity index (χ1) is 19.6. The van der Waals surface area contributed by atoms with E-state index in [2.05, 4.69) is 6.58 Å². The normalized spacial score (nSPS) is 16.1. The molecule has 0 radical (unpaired) electrons. The number of hydrogen-bond acceptors (Lipinski definition) is 9. The van der Waals surface area contributed by atoms with Gasteiger partial charge in [-0.25, -0.2) is 29.6 Å². The number of halogens is 7. The summed E-state index contributed by atoms with van der Waals surface area (Å²) in [6, 6.07) is 3.54. The number of nitrogens with zero attached hydrogens (tertiary/aromatic N) is 2. The molecule has 0 unspecified atom stereocenters. The van der Waals surface area contributed by atoms with Crippen LogP contribution in [-0.4, -0.2) is 95.0 Å². The quantitative estimate of drug-likeness (QED) is 0.174. The van der Waals surface area contributed by atoms with Crippen LogP contribution in [0.2, 0.25) is 0 Å². The Balaban J connectivity index is 2.02. The van der Waals surface area contributed by atoms with Gasteiger partial charge in [0.1, 0.15) is 5.75 Å². The zero-order valence-electron chi connectivity index (χ0n) is 21.7. The van der Waals surface area contributed by atoms with Gasteiger partial charge in [-0.15, -0.1) is 4.13 Å². The second-order valence-electron chi connectivity index (χ2n) is 8.80. The van der Waals surface area contributed by atoms with Crippen LogP contribution in [0, 0.1) is 0 Å². The fourth-order valence-corrected chi connectivity index (χ4v) is 7.36. The number of alkyl halides is 7. The molecule has 0 spiro atoms. The summed E-state index contributed by atoms with van der Waals surface area (Å²) in [6.45, 7) is 0.0117. The highest BCUT2D eigenvalue weighted by Gasteiger charge is 2.83. The highest BCUT2D eigenvalue weighted by atomic mass is 32.3. The first-order valence-corrected chi connectivity index (χ1v) is 16.3. The molecule has 1 N–H and O–H groups in total. The van der Waals surface area contributed by atoms with Crippen molar-refractivity contribution in [3.8, 4) is 5.75 Å². The van der Waals surface area contributed by atoms with E-state index in [0.717, 1.165) is 10.5 Å². The van der Waals surface area contributed by atoms with Gasteiger partial charge in [-0.2, -0.15) is 30.6 Å². The maximum absolute atomic E-state index is 14.5. The molecular formula is C21H24F7N3O9S3. The van der Waals surface area contributed by atoms with Gasteiger partial charge in [0, 0.05) is 39.0 Å². The Morgan fingerprint density at radius 2 is 1.42 bits per heavy atom. The van der Waals surface area contributed by atoms with E-state index in [9.17, 15) is 65.6 Å². The highest BCUT2D eigenvalue weighted by molar-refractivity contribution is 8.05. The van der Waals surface area contributed by atoms with Gasteiger partial charge in [0.25, 0.3) is 30.1 Å². The van der Waals surface area contributed by atoms with Crippen molar-refractivity contribution in [2.45, 2.75) is 35.7 Å². The lowest BCUT2D eigenvalue weighted by molar-refractivity contribution is -0.245. The van der Waals surface area contributed by atoms with E-state index >= 15 is 0 Å². The molecule has 12 nitrogen and oxygen atoms in total. The zero-order chi connectivity index (χ0) is 33.1. The van der Waals surface area contributed by atoms with Gasteiger partial charge in [0.05, 0.1) is 0 Å². The van der Waals surface area contributed by atoms with Crippen molar-refractivity contribution >= 4 is 48.0 Å². The Morgan fingerprint density at radius 3 is 1.91 bits per heavy atom. The van der Waals surface area contributed by atoms with Crippen LogP contribution in [-0.2, 0) is 39.7 Å². The summed E-state index contributed by atoms with van der Waals surface area (Å²) in [5, 5.41) is -13.9. The van der Waals surface area contributed by atoms with E-state index in [1.807, 2.05) is 0 Å². The molecule has 1 aromatic rings. The molecule has 0 atom stereocenters. The Morgan fingerprint density at radius 1 is 0.884 bits per heavy atom. The third-order valence-electron chi connectivity index (χ3n) is 5.82. The number of nitrogens with one attached hydrogen (secondary N) is 1. The first kappa shape index (κ1) is 36.4. The standard InChI is InChI=1S/C21H24F7N3O9S3/c1-2-15-6-8-16(9-7-15)40-18(33)5-3-4-17(32)30-10-12-31(13-11-30)43(38,39)21(27,28)19(23,24)20(25,26)42(36,37)29-41(34,35)14-22/h2,6-9,29H,1,3-5,10-14H2. The largest absolute Gasteiger partial charge is 0.429 e. The van der Waals surface area contributed by atoms with Crippen LogP contribution >= 0.6 is 0 Å². The van der Waals surface area contributed by atoms with Gasteiger partial charge < -0.3 is 9.64 Å². The van der Waals surface area contributed by atoms with E-state index in [4.69, 9.17) is 4.74 Å². The number of rotatable bonds is 14. The molecule has 1 fully saturated rings. The van der Waals surface area contributed by atoms with Gasteiger partial charge in [0.2, 0.25) is 11.9 Å². The predicted octanol–water partition coefficient (Wildman–Crippen LogP) is 1.88. The molecule has 22 heteroatoms. The molecule has 0 bridgehead atoms. The Hall–Kier alpha value is -2.82. The van der Waals surface area contributed by atoms with Gasteiger partial charge in [-0.05, 0) is 24.1 Å². The number of piperazine rings is 1. The molecular weight excluding hydrogens is 667 g/mol. The number of esters is 1. The average Bonchev–Trinajstić information content (AvgIpc) is 2.92. The minimum Gasteiger partial charge on any atom is -0.427 e. The summed E-state index contributed by atoms with van der Waals surface area (Å²) in [6.07, 6.45) is 0.972. The van der Waals surface area contributed by atoms with E-state index in [1.54, 1.807) is 18.2 Å². The average molecular weight is 692 g/mol. The van der Waals surface area contributed by atoms with Gasteiger partial charge in [0.15, 0.2) is 0 Å². The minimum atomic E-state index is -7.33. The summed E-state index contributed by atoms with van der Waals surface area (Å²) >= 11 is 0. The van der Waals surface area contributed by atoms with Crippen molar-refractivity contribution in [2.75, 3.05) is 32.2 Å². The molecule has 1 aliphatic rings. The van der Waals surface area contributed by atoms with Crippen molar-refractivity contribution in [3.63, 3.8) is 0 Å². The van der Waals surface area contributed by atoms with Crippen LogP contribution in [0.15, 0.2) is 30.8 Å². The second kappa shape index (κ2) is 13.0. The summed E-state index contributed by atoms with van der Waals surface area (Å²) in [5.41, 5.74) is 0.765. The van der Waals surface area contributed by atoms with Gasteiger partial charge in [-0.3, -0.25) is 9.59 Å². The summed E-state index contributed by atoms with van der Waals surface area (Å²) in [5.74, 6) is -8.45. The summed E-state index contributed by atoms with van der Waals surface area (Å²) < 4.78 is 172. The van der Waals surface area contributed by atoms with Crippen LogP contribution in [0.3, 0.4) is 0 Å². The molecule has 2 rings (SSSR count). The number of carbonyl (C=O) groups excluding carboxylic acids is 2. The lowest BCUT2D eigenvalue weighted by Crippen LogP contribution is -2.66. The molecule has 244 valence electrons. The zero-order valence-corrected chi connectivity index (χ0v) is 24.1. The Kier molecular flexibility index (Phi) is 11.0. The van der Waals surface area contributed by atoms with Crippen molar-refractivity contribution in [1.82, 2.24) is 13.3 Å². The molecule has 43 heavy (non-hydrogen) atoms. The summed E-state index contributed by atoms with van der Waals surface area (Å²) in [7, 11) is -20.0. The third-order valence-corrected chi connectivity index (χ3v) is 10.9. The van der Waals surface area contributed by atoms with Crippen molar-refractivity contribution in [2.24, 2.45) is 0 Å². The Labute approximate surface area is 241 Å². The lowest BCUT2D eigenvalue weighted by Gasteiger charge is -2.38. The van der Waals surface area contributed by atoms with Crippen molar-refractivity contribution in [3.05, 3.63) is 36.4 Å². The fraction of sp³-hybridized carbons (Fsp3) is 0.524. The smallest absolute Gasteiger partial charge is 0.427 e. The SMILES string of the molecule is C=Cc1ccc(OC(=O)CCCC(=O)N2CCN(S(=O)(=O)C(F)(F)C(F)(F)C(F)(F)S(=O)(=O)NS(=O)(=O)CF)CC2)cc1. The Bertz CT molecular complexity index is 1530. The number of benzene rings is 1. The summed E-state index contributed by atoms with van der Waals surface area (Å²) in [4.78, 5) is 25.3. The number of sulfonamides is 3. The van der Waals surface area contributed by atoms with Gasteiger partial charge >= 0.3 is 22.4 Å². The molecule has 0 saturated carbocycles. The molecule has 0 aromatic heterocycles. The lowest BCUT2D eigenvalue weighted by atomic mass is 10.2. The first-order valence-electron chi connectivity index (χ1n) is 11.7. The van der Waals surface area contributed by atoms with Crippen LogP contribution < -0.4 is 8.86 Å². The molecule has 1 aliphatic heterocycles. The fourth-order valence-electron chi connectivity index (χ4n) is 3.48. The minimum absolute atomic E-state index is 0.0546. The van der Waals surface area contributed by atoms with Crippen LogP contribution in [0.5, 0.6) is 5.75 Å². The van der Waals surface area contributed by atoms with E-state index < -0.39 is 90.6 Å². The van der Waals surface area contributed by atoms with Crippen LogP contribution in [0.4, 0.5) is 30.7 Å². The number of carbonyl (C=O) groups is 2. The topological polar surface area (TPSA) is 164 Å². The molecule has 1 amide bonds. The maximum Gasteiger partial charge on any atom is 0.429 e. The number of hydrogen-bond donors (Lipinski definition) is 1. The predicted molar refractivity (Wildman–Crippen MR) is 135 cm³/mol. The maximum atomic E-state index is 14.5. The van der Waals surface area contributed by atoms with Gasteiger partial charge in [-0.1, -0.05) is 24.8 Å². The number of amides is 1.